The van der Waals surface area contributed by atoms with Crippen LogP contribution in [0.4, 0.5) is 0 Å². The zero-order valence-corrected chi connectivity index (χ0v) is 17.9. The molecule has 0 bridgehead atoms. The lowest BCUT2D eigenvalue weighted by atomic mass is 10.2. The van der Waals surface area contributed by atoms with Crippen LogP contribution in [0.5, 0.6) is 17.2 Å². The number of benzene rings is 3. The van der Waals surface area contributed by atoms with E-state index in [-0.39, 0.29) is 11.7 Å². The van der Waals surface area contributed by atoms with Crippen LogP contribution < -0.4 is 19.6 Å². The first-order chi connectivity index (χ1) is 15.6. The van der Waals surface area contributed by atoms with Gasteiger partial charge in [0.15, 0.2) is 11.5 Å². The zero-order valence-electron chi connectivity index (χ0n) is 17.9. The third kappa shape index (κ3) is 6.18. The summed E-state index contributed by atoms with van der Waals surface area (Å²) in [4.78, 5) is 24.5. The van der Waals surface area contributed by atoms with E-state index in [4.69, 9.17) is 14.2 Å². The molecule has 0 aliphatic carbocycles. The standard InChI is InChI=1S/C25H24N2O5/c1-3-15-31-21-12-10-20(11-13-21)25(29)32-22-14-9-18(16-23(22)30-2)17-26-27-24(28)19-7-5-4-6-8-19/h4-14,16-17H,3,15H2,1-2H3,(H,27,28)/b26-17-. The number of nitrogens with one attached hydrogen (secondary N) is 1. The molecule has 0 radical (unpaired) electrons. The van der Waals surface area contributed by atoms with Crippen molar-refractivity contribution in [2.45, 2.75) is 13.3 Å². The highest BCUT2D eigenvalue weighted by Crippen LogP contribution is 2.28. The van der Waals surface area contributed by atoms with Crippen LogP contribution in [-0.2, 0) is 0 Å². The first-order valence-corrected chi connectivity index (χ1v) is 10.1. The van der Waals surface area contributed by atoms with Gasteiger partial charge in [0.25, 0.3) is 5.91 Å². The Morgan fingerprint density at radius 2 is 1.69 bits per heavy atom. The molecule has 3 aromatic rings. The fourth-order valence-electron chi connectivity index (χ4n) is 2.73. The molecule has 32 heavy (non-hydrogen) atoms. The molecule has 0 heterocycles. The lowest BCUT2D eigenvalue weighted by Gasteiger charge is -2.10. The summed E-state index contributed by atoms with van der Waals surface area (Å²) < 4.78 is 16.3. The van der Waals surface area contributed by atoms with E-state index in [1.165, 1.54) is 13.3 Å². The molecule has 1 N–H and O–H groups in total. The average molecular weight is 432 g/mol. The molecule has 0 spiro atoms. The number of ether oxygens (including phenoxy) is 3. The van der Waals surface area contributed by atoms with Crippen molar-refractivity contribution < 1.29 is 23.8 Å². The number of esters is 1. The number of hydrogen-bond acceptors (Lipinski definition) is 6. The molecular formula is C25H24N2O5. The maximum atomic E-state index is 12.5. The highest BCUT2D eigenvalue weighted by molar-refractivity contribution is 5.95. The van der Waals surface area contributed by atoms with Gasteiger partial charge in [-0.05, 0) is 66.6 Å². The number of hydrogen-bond donors (Lipinski definition) is 1. The Morgan fingerprint density at radius 3 is 2.38 bits per heavy atom. The fourth-order valence-corrected chi connectivity index (χ4v) is 2.73. The van der Waals surface area contributed by atoms with Gasteiger partial charge in [-0.2, -0.15) is 5.10 Å². The van der Waals surface area contributed by atoms with Gasteiger partial charge < -0.3 is 14.2 Å². The Hall–Kier alpha value is -4.13. The van der Waals surface area contributed by atoms with Gasteiger partial charge in [-0.15, -0.1) is 0 Å². The Labute approximate surface area is 186 Å². The minimum Gasteiger partial charge on any atom is -0.494 e. The van der Waals surface area contributed by atoms with Crippen molar-refractivity contribution in [2.24, 2.45) is 5.10 Å². The lowest BCUT2D eigenvalue weighted by molar-refractivity contribution is 0.0729. The summed E-state index contributed by atoms with van der Waals surface area (Å²) in [6.07, 6.45) is 2.38. The van der Waals surface area contributed by atoms with Crippen LogP contribution in [0.2, 0.25) is 0 Å². The molecule has 0 unspecified atom stereocenters. The van der Waals surface area contributed by atoms with Crippen LogP contribution >= 0.6 is 0 Å². The first kappa shape index (κ1) is 22.6. The van der Waals surface area contributed by atoms with Gasteiger partial charge in [-0.3, -0.25) is 4.79 Å². The molecule has 0 aliphatic heterocycles. The van der Waals surface area contributed by atoms with Gasteiger partial charge in [0.05, 0.1) is 25.5 Å². The third-order valence-corrected chi connectivity index (χ3v) is 4.37. The van der Waals surface area contributed by atoms with Gasteiger partial charge >= 0.3 is 5.97 Å². The maximum absolute atomic E-state index is 12.5. The van der Waals surface area contributed by atoms with E-state index in [0.29, 0.717) is 34.8 Å². The van der Waals surface area contributed by atoms with Crippen LogP contribution in [0.25, 0.3) is 0 Å². The van der Waals surface area contributed by atoms with Gasteiger partial charge in [0.1, 0.15) is 5.75 Å². The van der Waals surface area contributed by atoms with Crippen molar-refractivity contribution >= 4 is 18.1 Å². The van der Waals surface area contributed by atoms with Gasteiger partial charge in [0, 0.05) is 5.56 Å². The molecule has 3 rings (SSSR count). The molecular weight excluding hydrogens is 408 g/mol. The predicted molar refractivity (Wildman–Crippen MR) is 122 cm³/mol. The smallest absolute Gasteiger partial charge is 0.343 e. The van der Waals surface area contributed by atoms with E-state index in [2.05, 4.69) is 10.5 Å². The number of carbonyl (C=O) groups is 2. The van der Waals surface area contributed by atoms with Crippen LogP contribution in [0, 0.1) is 0 Å². The topological polar surface area (TPSA) is 86.2 Å². The molecule has 0 aliphatic rings. The van der Waals surface area contributed by atoms with Crippen molar-refractivity contribution in [3.05, 3.63) is 89.5 Å². The van der Waals surface area contributed by atoms with Gasteiger partial charge in [0.2, 0.25) is 0 Å². The predicted octanol–water partition coefficient (Wildman–Crippen LogP) is 4.47. The molecule has 3 aromatic carbocycles. The number of rotatable bonds is 9. The van der Waals surface area contributed by atoms with E-state index in [9.17, 15) is 9.59 Å². The van der Waals surface area contributed by atoms with Crippen molar-refractivity contribution in [2.75, 3.05) is 13.7 Å². The van der Waals surface area contributed by atoms with Crippen molar-refractivity contribution in [1.29, 1.82) is 0 Å². The number of methoxy groups -OCH3 is 1. The summed E-state index contributed by atoms with van der Waals surface area (Å²) in [6, 6.07) is 20.5. The summed E-state index contributed by atoms with van der Waals surface area (Å²) in [7, 11) is 1.48. The van der Waals surface area contributed by atoms with Crippen LogP contribution in [0.1, 0.15) is 39.6 Å². The molecule has 0 aromatic heterocycles. The van der Waals surface area contributed by atoms with E-state index in [1.54, 1.807) is 66.7 Å². The molecule has 7 nitrogen and oxygen atoms in total. The minimum absolute atomic E-state index is 0.272. The highest BCUT2D eigenvalue weighted by atomic mass is 16.6. The van der Waals surface area contributed by atoms with Crippen LogP contribution in [0.3, 0.4) is 0 Å². The highest BCUT2D eigenvalue weighted by Gasteiger charge is 2.13. The minimum atomic E-state index is -0.512. The van der Waals surface area contributed by atoms with E-state index >= 15 is 0 Å². The van der Waals surface area contributed by atoms with E-state index in [1.807, 2.05) is 13.0 Å². The summed E-state index contributed by atoms with van der Waals surface area (Å²) in [6.45, 7) is 2.64. The molecule has 7 heteroatoms. The second-order valence-corrected chi connectivity index (χ2v) is 6.74. The summed E-state index contributed by atoms with van der Waals surface area (Å²) >= 11 is 0. The second-order valence-electron chi connectivity index (χ2n) is 6.74. The molecule has 0 fully saturated rings. The van der Waals surface area contributed by atoms with Gasteiger partial charge in [-0.25, -0.2) is 10.2 Å². The normalized spacial score (nSPS) is 10.6. The molecule has 164 valence electrons. The molecule has 0 saturated heterocycles. The SMILES string of the molecule is CCCOc1ccc(C(=O)Oc2ccc(/C=N\NC(=O)c3ccccc3)cc2OC)cc1. The van der Waals surface area contributed by atoms with Gasteiger partial charge in [-0.1, -0.05) is 25.1 Å². The number of carbonyl (C=O) groups excluding carboxylic acids is 2. The maximum Gasteiger partial charge on any atom is 0.343 e. The molecule has 0 atom stereocenters. The lowest BCUT2D eigenvalue weighted by Crippen LogP contribution is -2.17. The van der Waals surface area contributed by atoms with Crippen LogP contribution in [0.15, 0.2) is 77.9 Å². The quantitative estimate of drug-likeness (QED) is 0.233. The molecule has 1 amide bonds. The summed E-state index contributed by atoms with van der Waals surface area (Å²) in [5, 5.41) is 3.96. The van der Waals surface area contributed by atoms with Crippen molar-refractivity contribution in [1.82, 2.24) is 5.43 Å². The number of amides is 1. The van der Waals surface area contributed by atoms with E-state index in [0.717, 1.165) is 6.42 Å². The Balaban J connectivity index is 1.63. The van der Waals surface area contributed by atoms with E-state index < -0.39 is 5.97 Å². The summed E-state index contributed by atoms with van der Waals surface area (Å²) in [5.41, 5.74) is 4.03. The van der Waals surface area contributed by atoms with Crippen molar-refractivity contribution in [3.8, 4) is 17.2 Å². The third-order valence-electron chi connectivity index (χ3n) is 4.37. The zero-order chi connectivity index (χ0) is 22.8. The second kappa shape index (κ2) is 11.3. The molecule has 0 saturated carbocycles. The monoisotopic (exact) mass is 432 g/mol. The average Bonchev–Trinajstić information content (AvgIpc) is 2.84. The number of hydrazone groups is 1. The van der Waals surface area contributed by atoms with Crippen LogP contribution in [-0.4, -0.2) is 31.8 Å². The Kier molecular flexibility index (Phi) is 7.97. The van der Waals surface area contributed by atoms with Crippen molar-refractivity contribution in [3.63, 3.8) is 0 Å². The Bertz CT molecular complexity index is 1080. The summed E-state index contributed by atoms with van der Waals surface area (Å²) in [5.74, 6) is 0.505. The largest absolute Gasteiger partial charge is 0.494 e. The Morgan fingerprint density at radius 1 is 0.938 bits per heavy atom. The fraction of sp³-hybridized carbons (Fsp3) is 0.160. The number of nitrogens with zero attached hydrogens (tertiary/aromatic N) is 1. The first-order valence-electron chi connectivity index (χ1n) is 10.1.